The molecule has 1 atom stereocenters. The maximum atomic E-state index is 5.18. The number of likely N-dealkylation sites (N-methyl/N-ethyl adjacent to an activating group) is 1. The Morgan fingerprint density at radius 2 is 2.07 bits per heavy atom. The van der Waals surface area contributed by atoms with Crippen molar-refractivity contribution in [2.24, 2.45) is 0 Å². The molecule has 0 saturated heterocycles. The van der Waals surface area contributed by atoms with E-state index in [0.29, 0.717) is 5.92 Å². The van der Waals surface area contributed by atoms with Crippen molar-refractivity contribution in [2.45, 2.75) is 39.5 Å². The van der Waals surface area contributed by atoms with Gasteiger partial charge in [-0.1, -0.05) is 32.9 Å². The van der Waals surface area contributed by atoms with Crippen molar-refractivity contribution < 1.29 is 4.52 Å². The van der Waals surface area contributed by atoms with Crippen LogP contribution >= 0.6 is 0 Å². The second-order valence-electron chi connectivity index (χ2n) is 3.85. The second kappa shape index (κ2) is 5.10. The molecule has 4 nitrogen and oxygen atoms in total. The Bertz CT molecular complexity index is 270. The molecule has 0 aliphatic rings. The normalized spacial score (nSPS) is 13.5. The van der Waals surface area contributed by atoms with Crippen LogP contribution in [0.5, 0.6) is 0 Å². The van der Waals surface area contributed by atoms with Crippen molar-refractivity contribution in [1.82, 2.24) is 15.5 Å². The average molecular weight is 197 g/mol. The smallest absolute Gasteiger partial charge is 0.230 e. The molecule has 0 aliphatic carbocycles. The van der Waals surface area contributed by atoms with Crippen LogP contribution in [0.25, 0.3) is 0 Å². The minimum absolute atomic E-state index is 0.287. The fraction of sp³-hybridized carbons (Fsp3) is 0.800. The second-order valence-corrected chi connectivity index (χ2v) is 3.85. The van der Waals surface area contributed by atoms with Crippen LogP contribution in [-0.2, 0) is 0 Å². The van der Waals surface area contributed by atoms with Crippen LogP contribution < -0.4 is 5.32 Å². The van der Waals surface area contributed by atoms with Crippen molar-refractivity contribution in [3.05, 3.63) is 11.7 Å². The van der Waals surface area contributed by atoms with E-state index in [4.69, 9.17) is 4.52 Å². The largest absolute Gasteiger partial charge is 0.339 e. The van der Waals surface area contributed by atoms with Gasteiger partial charge in [0, 0.05) is 18.4 Å². The lowest BCUT2D eigenvalue weighted by Crippen LogP contribution is -2.19. The zero-order valence-electron chi connectivity index (χ0n) is 9.37. The van der Waals surface area contributed by atoms with E-state index in [1.807, 2.05) is 0 Å². The van der Waals surface area contributed by atoms with Gasteiger partial charge in [-0.25, -0.2) is 0 Å². The first kappa shape index (κ1) is 11.2. The van der Waals surface area contributed by atoms with Gasteiger partial charge in [-0.15, -0.1) is 0 Å². The van der Waals surface area contributed by atoms with Gasteiger partial charge >= 0.3 is 0 Å². The Hall–Kier alpha value is -0.900. The molecule has 1 unspecified atom stereocenters. The molecule has 0 fully saturated rings. The molecule has 0 aromatic carbocycles. The molecule has 14 heavy (non-hydrogen) atoms. The van der Waals surface area contributed by atoms with Gasteiger partial charge < -0.3 is 9.84 Å². The lowest BCUT2D eigenvalue weighted by atomic mass is 10.2. The molecule has 1 aromatic heterocycles. The van der Waals surface area contributed by atoms with Crippen molar-refractivity contribution >= 4 is 0 Å². The molecule has 1 aromatic rings. The molecule has 80 valence electrons. The van der Waals surface area contributed by atoms with Crippen LogP contribution in [0.4, 0.5) is 0 Å². The number of aromatic nitrogens is 2. The summed E-state index contributed by atoms with van der Waals surface area (Å²) in [5, 5.41) is 7.19. The van der Waals surface area contributed by atoms with Crippen molar-refractivity contribution in [2.75, 3.05) is 13.1 Å². The van der Waals surface area contributed by atoms with Crippen molar-refractivity contribution in [1.29, 1.82) is 0 Å². The third-order valence-corrected chi connectivity index (χ3v) is 2.10. The van der Waals surface area contributed by atoms with Gasteiger partial charge in [-0.2, -0.15) is 4.98 Å². The van der Waals surface area contributed by atoms with Gasteiger partial charge in [0.1, 0.15) is 0 Å². The molecule has 0 spiro atoms. The Balaban J connectivity index is 2.57. The zero-order valence-corrected chi connectivity index (χ0v) is 9.37. The summed E-state index contributed by atoms with van der Waals surface area (Å²) in [6, 6.07) is 0. The Kier molecular flexibility index (Phi) is 4.07. The first-order chi connectivity index (χ1) is 6.65. The minimum Gasteiger partial charge on any atom is -0.339 e. The average Bonchev–Trinajstić information content (AvgIpc) is 2.62. The van der Waals surface area contributed by atoms with E-state index in [-0.39, 0.29) is 5.92 Å². The summed E-state index contributed by atoms with van der Waals surface area (Å²) in [6.45, 7) is 10.1. The van der Waals surface area contributed by atoms with Gasteiger partial charge in [-0.05, 0) is 6.54 Å². The summed E-state index contributed by atoms with van der Waals surface area (Å²) in [5.41, 5.74) is 0. The molecule has 0 bridgehead atoms. The lowest BCUT2D eigenvalue weighted by Gasteiger charge is -2.05. The summed E-state index contributed by atoms with van der Waals surface area (Å²) in [7, 11) is 0. The topological polar surface area (TPSA) is 51.0 Å². The zero-order chi connectivity index (χ0) is 10.6. The standard InChI is InChI=1S/C10H19N3O/c1-5-11-6-8(4)10-12-9(7(2)3)13-14-10/h7-8,11H,5-6H2,1-4H3. The van der Waals surface area contributed by atoms with Gasteiger partial charge in [0.05, 0.1) is 0 Å². The predicted octanol–water partition coefficient (Wildman–Crippen LogP) is 1.91. The number of hydrogen-bond donors (Lipinski definition) is 1. The number of nitrogens with zero attached hydrogens (tertiary/aromatic N) is 2. The fourth-order valence-corrected chi connectivity index (χ4v) is 1.13. The van der Waals surface area contributed by atoms with Crippen LogP contribution in [0, 0.1) is 0 Å². The summed E-state index contributed by atoms with van der Waals surface area (Å²) in [5.74, 6) is 2.15. The SMILES string of the molecule is CCNCC(C)c1nc(C(C)C)no1. The summed E-state index contributed by atoms with van der Waals surface area (Å²) in [6.07, 6.45) is 0. The minimum atomic E-state index is 0.287. The molecule has 0 aliphatic heterocycles. The molecule has 1 N–H and O–H groups in total. The highest BCUT2D eigenvalue weighted by atomic mass is 16.5. The maximum absolute atomic E-state index is 5.18. The van der Waals surface area contributed by atoms with E-state index >= 15 is 0 Å². The highest BCUT2D eigenvalue weighted by Crippen LogP contribution is 2.15. The van der Waals surface area contributed by atoms with Crippen LogP contribution in [0.1, 0.15) is 51.2 Å². The molecule has 0 amide bonds. The van der Waals surface area contributed by atoms with E-state index in [2.05, 4.69) is 43.2 Å². The van der Waals surface area contributed by atoms with Crippen LogP contribution in [0.3, 0.4) is 0 Å². The van der Waals surface area contributed by atoms with Crippen molar-refractivity contribution in [3.8, 4) is 0 Å². The first-order valence-electron chi connectivity index (χ1n) is 5.19. The summed E-state index contributed by atoms with van der Waals surface area (Å²) < 4.78 is 5.18. The molecular formula is C10H19N3O. The molecular weight excluding hydrogens is 178 g/mol. The van der Waals surface area contributed by atoms with Crippen LogP contribution in [0.15, 0.2) is 4.52 Å². The maximum Gasteiger partial charge on any atom is 0.230 e. The number of nitrogens with one attached hydrogen (secondary N) is 1. The predicted molar refractivity (Wildman–Crippen MR) is 55.3 cm³/mol. The summed E-state index contributed by atoms with van der Waals surface area (Å²) in [4.78, 5) is 4.34. The number of hydrogen-bond acceptors (Lipinski definition) is 4. The highest BCUT2D eigenvalue weighted by Gasteiger charge is 2.14. The van der Waals surface area contributed by atoms with Crippen molar-refractivity contribution in [3.63, 3.8) is 0 Å². The Morgan fingerprint density at radius 3 is 2.57 bits per heavy atom. The van der Waals surface area contributed by atoms with E-state index < -0.39 is 0 Å². The molecule has 1 heterocycles. The van der Waals surface area contributed by atoms with Crippen LogP contribution in [0.2, 0.25) is 0 Å². The lowest BCUT2D eigenvalue weighted by molar-refractivity contribution is 0.350. The first-order valence-corrected chi connectivity index (χ1v) is 5.19. The fourth-order valence-electron chi connectivity index (χ4n) is 1.13. The quantitative estimate of drug-likeness (QED) is 0.783. The van der Waals surface area contributed by atoms with Crippen LogP contribution in [-0.4, -0.2) is 23.2 Å². The molecule has 0 radical (unpaired) electrons. The molecule has 1 rings (SSSR count). The van der Waals surface area contributed by atoms with Gasteiger partial charge in [0.2, 0.25) is 5.89 Å². The summed E-state index contributed by atoms with van der Waals surface area (Å²) >= 11 is 0. The Labute approximate surface area is 85.1 Å². The van der Waals surface area contributed by atoms with Gasteiger partial charge in [-0.3, -0.25) is 0 Å². The third-order valence-electron chi connectivity index (χ3n) is 2.10. The highest BCUT2D eigenvalue weighted by molar-refractivity contribution is 4.96. The van der Waals surface area contributed by atoms with E-state index in [1.165, 1.54) is 0 Å². The number of rotatable bonds is 5. The molecule has 0 saturated carbocycles. The van der Waals surface area contributed by atoms with Gasteiger partial charge in [0.25, 0.3) is 0 Å². The third kappa shape index (κ3) is 2.80. The van der Waals surface area contributed by atoms with E-state index in [0.717, 1.165) is 24.8 Å². The Morgan fingerprint density at radius 1 is 1.36 bits per heavy atom. The van der Waals surface area contributed by atoms with E-state index in [1.54, 1.807) is 0 Å². The van der Waals surface area contributed by atoms with E-state index in [9.17, 15) is 0 Å². The molecule has 4 heteroatoms. The monoisotopic (exact) mass is 197 g/mol. The van der Waals surface area contributed by atoms with Gasteiger partial charge in [0.15, 0.2) is 5.82 Å².